The summed E-state index contributed by atoms with van der Waals surface area (Å²) in [5.41, 5.74) is 0.596. The van der Waals surface area contributed by atoms with Gasteiger partial charge < -0.3 is 0 Å². The van der Waals surface area contributed by atoms with E-state index in [2.05, 4.69) is 5.10 Å². The van der Waals surface area contributed by atoms with Crippen molar-refractivity contribution in [1.29, 1.82) is 0 Å². The molecule has 0 unspecified atom stereocenters. The van der Waals surface area contributed by atoms with E-state index in [-0.39, 0.29) is 22.4 Å². The van der Waals surface area contributed by atoms with Crippen LogP contribution in [0.25, 0.3) is 11.3 Å². The van der Waals surface area contributed by atoms with Gasteiger partial charge in [0.15, 0.2) is 6.29 Å². The molecule has 0 N–H and O–H groups in total. The topological polar surface area (TPSA) is 34.9 Å². The molecule has 5 heteroatoms. The van der Waals surface area contributed by atoms with Gasteiger partial charge in [0.25, 0.3) is 0 Å². The lowest BCUT2D eigenvalue weighted by molar-refractivity contribution is 0.112. The van der Waals surface area contributed by atoms with Crippen LogP contribution in [0.3, 0.4) is 0 Å². The number of benzene rings is 1. The van der Waals surface area contributed by atoms with Gasteiger partial charge in [-0.05, 0) is 24.6 Å². The molecule has 17 heavy (non-hydrogen) atoms. The van der Waals surface area contributed by atoms with Crippen LogP contribution in [0.1, 0.15) is 15.9 Å². The monoisotopic (exact) mass is 236 g/mol. The van der Waals surface area contributed by atoms with Crippen molar-refractivity contribution in [1.82, 2.24) is 9.78 Å². The van der Waals surface area contributed by atoms with E-state index in [0.29, 0.717) is 6.29 Å². The maximum absolute atomic E-state index is 13.7. The molecule has 0 fully saturated rings. The minimum Gasteiger partial charge on any atom is -0.298 e. The van der Waals surface area contributed by atoms with Gasteiger partial charge in [-0.2, -0.15) is 5.10 Å². The lowest BCUT2D eigenvalue weighted by Crippen LogP contribution is -1.94. The summed E-state index contributed by atoms with van der Waals surface area (Å²) in [5.74, 6) is -1.12. The molecule has 0 amide bonds. The highest BCUT2D eigenvalue weighted by atomic mass is 19.1. The molecule has 0 aliphatic carbocycles. The number of hydrogen-bond acceptors (Lipinski definition) is 2. The predicted octanol–water partition coefficient (Wildman–Crippen LogP) is 2.49. The number of halogens is 2. The Bertz CT molecular complexity index is 590. The van der Waals surface area contributed by atoms with Crippen molar-refractivity contribution in [3.8, 4) is 11.3 Å². The van der Waals surface area contributed by atoms with E-state index >= 15 is 0 Å². The largest absolute Gasteiger partial charge is 0.298 e. The van der Waals surface area contributed by atoms with E-state index in [1.54, 1.807) is 7.05 Å². The number of aryl methyl sites for hydroxylation is 2. The van der Waals surface area contributed by atoms with Gasteiger partial charge in [-0.1, -0.05) is 0 Å². The minimum absolute atomic E-state index is 0.00389. The summed E-state index contributed by atoms with van der Waals surface area (Å²) in [6.45, 7) is 1.47. The van der Waals surface area contributed by atoms with Crippen LogP contribution in [0.4, 0.5) is 8.78 Å². The first-order valence-corrected chi connectivity index (χ1v) is 4.97. The van der Waals surface area contributed by atoms with Crippen molar-refractivity contribution in [3.05, 3.63) is 41.1 Å². The summed E-state index contributed by atoms with van der Waals surface area (Å²) in [4.78, 5) is 10.8. The van der Waals surface area contributed by atoms with Gasteiger partial charge in [-0.15, -0.1) is 0 Å². The zero-order valence-electron chi connectivity index (χ0n) is 9.37. The molecule has 3 nitrogen and oxygen atoms in total. The number of aromatic nitrogens is 2. The van der Waals surface area contributed by atoms with Crippen LogP contribution >= 0.6 is 0 Å². The number of hydrogen-bond donors (Lipinski definition) is 0. The van der Waals surface area contributed by atoms with Gasteiger partial charge in [0.05, 0.1) is 5.56 Å². The zero-order chi connectivity index (χ0) is 12.6. The summed E-state index contributed by atoms with van der Waals surface area (Å²) in [6.07, 6.45) is 2.03. The highest BCUT2D eigenvalue weighted by molar-refractivity contribution is 5.85. The number of carbonyl (C=O) groups excluding carboxylic acids is 1. The number of aldehydes is 1. The molecule has 0 aliphatic rings. The van der Waals surface area contributed by atoms with Crippen LogP contribution in [0.15, 0.2) is 18.3 Å². The van der Waals surface area contributed by atoms with Crippen LogP contribution in [-0.4, -0.2) is 16.1 Å². The van der Waals surface area contributed by atoms with Crippen molar-refractivity contribution in [3.63, 3.8) is 0 Å². The molecule has 88 valence electrons. The molecule has 0 saturated heterocycles. The molecule has 2 aromatic rings. The van der Waals surface area contributed by atoms with E-state index in [1.165, 1.54) is 17.8 Å². The van der Waals surface area contributed by atoms with Crippen LogP contribution in [-0.2, 0) is 7.05 Å². The third-order valence-electron chi connectivity index (χ3n) is 2.49. The van der Waals surface area contributed by atoms with Gasteiger partial charge in [-0.25, -0.2) is 8.78 Å². The van der Waals surface area contributed by atoms with E-state index in [0.717, 1.165) is 12.1 Å². The van der Waals surface area contributed by atoms with Gasteiger partial charge >= 0.3 is 0 Å². The molecule has 2 rings (SSSR count). The highest BCUT2D eigenvalue weighted by Gasteiger charge is 2.15. The van der Waals surface area contributed by atoms with Crippen LogP contribution in [0, 0.1) is 18.6 Å². The maximum atomic E-state index is 13.7. The van der Waals surface area contributed by atoms with Gasteiger partial charge in [0.2, 0.25) is 0 Å². The smallest absolute Gasteiger partial charge is 0.153 e. The maximum Gasteiger partial charge on any atom is 0.153 e. The lowest BCUT2D eigenvalue weighted by atomic mass is 10.1. The quantitative estimate of drug-likeness (QED) is 0.751. The van der Waals surface area contributed by atoms with Crippen LogP contribution in [0.5, 0.6) is 0 Å². The van der Waals surface area contributed by atoms with Crippen molar-refractivity contribution in [2.75, 3.05) is 0 Å². The van der Waals surface area contributed by atoms with Crippen molar-refractivity contribution in [2.45, 2.75) is 6.92 Å². The Hall–Kier alpha value is -2.04. The average Bonchev–Trinajstić information content (AvgIpc) is 2.64. The molecular formula is C12H10F2N2O. The summed E-state index contributed by atoms with van der Waals surface area (Å²) in [5, 5.41) is 3.96. The number of nitrogens with zero attached hydrogens (tertiary/aromatic N) is 2. The number of carbonyl (C=O) groups is 1. The van der Waals surface area contributed by atoms with Gasteiger partial charge in [0, 0.05) is 18.8 Å². The molecule has 0 aliphatic heterocycles. The Labute approximate surface area is 96.7 Å². The van der Waals surface area contributed by atoms with Crippen molar-refractivity contribution >= 4 is 6.29 Å². The van der Waals surface area contributed by atoms with Crippen molar-refractivity contribution < 1.29 is 13.6 Å². The van der Waals surface area contributed by atoms with E-state index in [4.69, 9.17) is 0 Å². The van der Waals surface area contributed by atoms with E-state index < -0.39 is 11.6 Å². The zero-order valence-corrected chi connectivity index (χ0v) is 9.37. The molecular weight excluding hydrogens is 226 g/mol. The molecule has 0 bridgehead atoms. The second-order valence-corrected chi connectivity index (χ2v) is 3.81. The van der Waals surface area contributed by atoms with Crippen LogP contribution < -0.4 is 0 Å². The van der Waals surface area contributed by atoms with Crippen LogP contribution in [0.2, 0.25) is 0 Å². The standard InChI is InChI=1S/C12H10F2N2O/c1-7-3-11(14)9(4-10(7)13)12-8(6-17)5-16(2)15-12/h3-6H,1-2H3. The Morgan fingerprint density at radius 3 is 2.65 bits per heavy atom. The Morgan fingerprint density at radius 2 is 2.00 bits per heavy atom. The van der Waals surface area contributed by atoms with E-state index in [1.807, 2.05) is 0 Å². The summed E-state index contributed by atoms with van der Waals surface area (Å²) in [6, 6.07) is 2.15. The highest BCUT2D eigenvalue weighted by Crippen LogP contribution is 2.26. The first-order valence-electron chi connectivity index (χ1n) is 4.97. The van der Waals surface area contributed by atoms with E-state index in [9.17, 15) is 13.6 Å². The fourth-order valence-corrected chi connectivity index (χ4v) is 1.63. The fourth-order valence-electron chi connectivity index (χ4n) is 1.63. The fraction of sp³-hybridized carbons (Fsp3) is 0.167. The predicted molar refractivity (Wildman–Crippen MR) is 58.7 cm³/mol. The summed E-state index contributed by atoms with van der Waals surface area (Å²) < 4.78 is 28.5. The molecule has 1 aromatic carbocycles. The molecule has 0 radical (unpaired) electrons. The SMILES string of the molecule is Cc1cc(F)c(-c2nn(C)cc2C=O)cc1F. The lowest BCUT2D eigenvalue weighted by Gasteiger charge is -2.03. The van der Waals surface area contributed by atoms with Gasteiger partial charge in [-0.3, -0.25) is 9.48 Å². The molecule has 1 heterocycles. The third kappa shape index (κ3) is 1.95. The molecule has 0 spiro atoms. The first-order chi connectivity index (χ1) is 8.02. The first kappa shape index (κ1) is 11.4. The molecule has 1 aromatic heterocycles. The summed E-state index contributed by atoms with van der Waals surface area (Å²) >= 11 is 0. The number of rotatable bonds is 2. The molecule has 0 saturated carbocycles. The Kier molecular flexibility index (Phi) is 2.75. The minimum atomic E-state index is -0.592. The Balaban J connectivity index is 2.67. The Morgan fingerprint density at radius 1 is 1.29 bits per heavy atom. The summed E-state index contributed by atoms with van der Waals surface area (Å²) in [7, 11) is 1.61. The average molecular weight is 236 g/mol. The van der Waals surface area contributed by atoms with Crippen molar-refractivity contribution in [2.24, 2.45) is 7.05 Å². The molecule has 0 atom stereocenters. The third-order valence-corrected chi connectivity index (χ3v) is 2.49. The second kappa shape index (κ2) is 4.08. The second-order valence-electron chi connectivity index (χ2n) is 3.81. The normalized spacial score (nSPS) is 10.6. The van der Waals surface area contributed by atoms with Gasteiger partial charge in [0.1, 0.15) is 17.3 Å².